The van der Waals surface area contributed by atoms with Gasteiger partial charge in [0.1, 0.15) is 0 Å². The number of carboxylic acid groups (broad SMARTS) is 1. The Morgan fingerprint density at radius 1 is 1.00 bits per heavy atom. The number of pyridine rings is 1. The number of carbonyl (C=O) groups is 1. The highest BCUT2D eigenvalue weighted by molar-refractivity contribution is 5.77. The van der Waals surface area contributed by atoms with Gasteiger partial charge in [0, 0.05) is 11.6 Å². The van der Waals surface area contributed by atoms with E-state index in [0.29, 0.717) is 0 Å². The van der Waals surface area contributed by atoms with Crippen molar-refractivity contribution >= 4 is 16.9 Å². The Morgan fingerprint density at radius 3 is 2.33 bits per heavy atom. The van der Waals surface area contributed by atoms with Crippen LogP contribution in [0.2, 0.25) is 0 Å². The molecule has 0 bridgehead atoms. The first-order chi connectivity index (χ1) is 10.1. The summed E-state index contributed by atoms with van der Waals surface area (Å²) in [4.78, 5) is 14.4. The second-order valence-corrected chi connectivity index (χ2v) is 4.75. The molecule has 0 spiro atoms. The van der Waals surface area contributed by atoms with Crippen LogP contribution in [0.25, 0.3) is 10.9 Å². The second-order valence-electron chi connectivity index (χ2n) is 4.75. The van der Waals surface area contributed by atoms with Crippen LogP contribution in [0, 0.1) is 6.92 Å². The SMILES string of the molecule is Cc1ccc(CC(=O)O)cc1.c1ccc2ncccc2c1. The predicted molar refractivity (Wildman–Crippen MR) is 84.3 cm³/mol. The maximum absolute atomic E-state index is 10.3. The standard InChI is InChI=1S/C9H7N.C9H10O2/c1-2-6-9-8(4-1)5-3-7-10-9;1-7-2-4-8(5-3-7)6-9(10)11/h1-7H;2-5H,6H2,1H3,(H,10,11). The third-order valence-electron chi connectivity index (χ3n) is 2.99. The van der Waals surface area contributed by atoms with Crippen molar-refractivity contribution in [2.24, 2.45) is 0 Å². The van der Waals surface area contributed by atoms with Gasteiger partial charge in [-0.3, -0.25) is 9.78 Å². The lowest BCUT2D eigenvalue weighted by atomic mass is 10.1. The van der Waals surface area contributed by atoms with Crippen molar-refractivity contribution in [2.75, 3.05) is 0 Å². The smallest absolute Gasteiger partial charge is 0.307 e. The number of hydrogen-bond acceptors (Lipinski definition) is 2. The molecule has 1 aromatic heterocycles. The molecule has 3 heteroatoms. The lowest BCUT2D eigenvalue weighted by Gasteiger charge is -1.96. The summed E-state index contributed by atoms with van der Waals surface area (Å²) in [7, 11) is 0. The Bertz CT molecular complexity index is 655. The molecule has 0 aliphatic rings. The normalized spacial score (nSPS) is 9.76. The van der Waals surface area contributed by atoms with Gasteiger partial charge in [-0.25, -0.2) is 0 Å². The third-order valence-corrected chi connectivity index (χ3v) is 2.99. The number of aromatic nitrogens is 1. The fourth-order valence-corrected chi connectivity index (χ4v) is 1.90. The average molecular weight is 279 g/mol. The number of benzene rings is 2. The van der Waals surface area contributed by atoms with Crippen molar-refractivity contribution in [3.8, 4) is 0 Å². The van der Waals surface area contributed by atoms with Crippen molar-refractivity contribution in [1.29, 1.82) is 0 Å². The number of para-hydroxylation sites is 1. The van der Waals surface area contributed by atoms with Crippen LogP contribution in [0.5, 0.6) is 0 Å². The largest absolute Gasteiger partial charge is 0.481 e. The first-order valence-corrected chi connectivity index (χ1v) is 6.72. The van der Waals surface area contributed by atoms with Gasteiger partial charge in [0.25, 0.3) is 0 Å². The molecule has 2 aromatic carbocycles. The highest BCUT2D eigenvalue weighted by Crippen LogP contribution is 2.08. The molecule has 1 N–H and O–H groups in total. The van der Waals surface area contributed by atoms with E-state index < -0.39 is 5.97 Å². The number of rotatable bonds is 2. The molecule has 0 atom stereocenters. The van der Waals surface area contributed by atoms with Crippen molar-refractivity contribution in [1.82, 2.24) is 4.98 Å². The Hall–Kier alpha value is -2.68. The summed E-state index contributed by atoms with van der Waals surface area (Å²) in [6.07, 6.45) is 1.92. The Balaban J connectivity index is 0.000000154. The van der Waals surface area contributed by atoms with Crippen LogP contribution in [0.3, 0.4) is 0 Å². The number of fused-ring (bicyclic) bond motifs is 1. The third kappa shape index (κ3) is 4.73. The van der Waals surface area contributed by atoms with E-state index in [9.17, 15) is 4.79 Å². The fourth-order valence-electron chi connectivity index (χ4n) is 1.90. The molecule has 0 aliphatic carbocycles. The van der Waals surface area contributed by atoms with Gasteiger partial charge in [-0.15, -0.1) is 0 Å². The minimum absolute atomic E-state index is 0.111. The zero-order valence-electron chi connectivity index (χ0n) is 11.9. The van der Waals surface area contributed by atoms with Gasteiger partial charge < -0.3 is 5.11 Å². The van der Waals surface area contributed by atoms with Gasteiger partial charge in [0.15, 0.2) is 0 Å². The number of aryl methyl sites for hydroxylation is 1. The highest BCUT2D eigenvalue weighted by Gasteiger charge is 1.97. The molecule has 21 heavy (non-hydrogen) atoms. The van der Waals surface area contributed by atoms with Crippen molar-refractivity contribution in [3.05, 3.63) is 78.0 Å². The Morgan fingerprint density at radius 2 is 1.67 bits per heavy atom. The lowest BCUT2D eigenvalue weighted by molar-refractivity contribution is -0.136. The summed E-state index contributed by atoms with van der Waals surface area (Å²) in [5, 5.41) is 9.64. The Labute approximate surface area is 123 Å². The number of carboxylic acids is 1. The monoisotopic (exact) mass is 279 g/mol. The first-order valence-electron chi connectivity index (χ1n) is 6.72. The summed E-state index contributed by atoms with van der Waals surface area (Å²) < 4.78 is 0. The average Bonchev–Trinajstić information content (AvgIpc) is 2.50. The minimum Gasteiger partial charge on any atom is -0.481 e. The molecule has 3 aromatic rings. The molecule has 0 amide bonds. The van der Waals surface area contributed by atoms with E-state index in [1.54, 1.807) is 0 Å². The number of hydrogen-bond donors (Lipinski definition) is 1. The van der Waals surface area contributed by atoms with Crippen LogP contribution < -0.4 is 0 Å². The van der Waals surface area contributed by atoms with Crippen LogP contribution in [0.15, 0.2) is 66.9 Å². The maximum Gasteiger partial charge on any atom is 0.307 e. The van der Waals surface area contributed by atoms with Crippen LogP contribution in [-0.4, -0.2) is 16.1 Å². The maximum atomic E-state index is 10.3. The van der Waals surface area contributed by atoms with Crippen LogP contribution in [0.4, 0.5) is 0 Å². The molecular weight excluding hydrogens is 262 g/mol. The lowest BCUT2D eigenvalue weighted by Crippen LogP contribution is -1.99. The van der Waals surface area contributed by atoms with Crippen LogP contribution in [0.1, 0.15) is 11.1 Å². The number of aliphatic carboxylic acids is 1. The van der Waals surface area contributed by atoms with Crippen LogP contribution in [-0.2, 0) is 11.2 Å². The summed E-state index contributed by atoms with van der Waals surface area (Å²) in [5.41, 5.74) is 3.06. The minimum atomic E-state index is -0.783. The molecule has 1 heterocycles. The van der Waals surface area contributed by atoms with E-state index in [4.69, 9.17) is 5.11 Å². The molecule has 0 saturated heterocycles. The van der Waals surface area contributed by atoms with Gasteiger partial charge in [-0.2, -0.15) is 0 Å². The van der Waals surface area contributed by atoms with E-state index in [0.717, 1.165) is 16.6 Å². The van der Waals surface area contributed by atoms with Gasteiger partial charge in [-0.1, -0.05) is 54.1 Å². The Kier molecular flexibility index (Phi) is 5.04. The highest BCUT2D eigenvalue weighted by atomic mass is 16.4. The van der Waals surface area contributed by atoms with Gasteiger partial charge in [-0.05, 0) is 24.6 Å². The molecule has 3 nitrogen and oxygen atoms in total. The van der Waals surface area contributed by atoms with E-state index in [1.165, 1.54) is 5.39 Å². The predicted octanol–water partition coefficient (Wildman–Crippen LogP) is 3.86. The first kappa shape index (κ1) is 14.7. The second kappa shape index (κ2) is 7.20. The molecular formula is C18H17NO2. The molecule has 0 fully saturated rings. The van der Waals surface area contributed by atoms with Gasteiger partial charge in [0.2, 0.25) is 0 Å². The molecule has 0 radical (unpaired) electrons. The summed E-state index contributed by atoms with van der Waals surface area (Å²) in [5.74, 6) is -0.783. The number of nitrogens with zero attached hydrogens (tertiary/aromatic N) is 1. The molecule has 3 rings (SSSR count). The zero-order chi connectivity index (χ0) is 15.1. The van der Waals surface area contributed by atoms with E-state index in [2.05, 4.69) is 17.1 Å². The summed E-state index contributed by atoms with van der Waals surface area (Å²) >= 11 is 0. The molecule has 106 valence electrons. The molecule has 0 saturated carbocycles. The topological polar surface area (TPSA) is 50.2 Å². The van der Waals surface area contributed by atoms with E-state index >= 15 is 0 Å². The van der Waals surface area contributed by atoms with Crippen molar-refractivity contribution < 1.29 is 9.90 Å². The van der Waals surface area contributed by atoms with Gasteiger partial charge in [0.05, 0.1) is 11.9 Å². The van der Waals surface area contributed by atoms with Crippen molar-refractivity contribution in [3.63, 3.8) is 0 Å². The summed E-state index contributed by atoms with van der Waals surface area (Å²) in [6, 6.07) is 19.6. The van der Waals surface area contributed by atoms with Crippen LogP contribution >= 0.6 is 0 Å². The quantitative estimate of drug-likeness (QED) is 0.775. The molecule has 0 aliphatic heterocycles. The molecule has 0 unspecified atom stereocenters. The van der Waals surface area contributed by atoms with E-state index in [1.807, 2.05) is 61.7 Å². The van der Waals surface area contributed by atoms with Crippen molar-refractivity contribution in [2.45, 2.75) is 13.3 Å². The fraction of sp³-hybridized carbons (Fsp3) is 0.111. The van der Waals surface area contributed by atoms with E-state index in [-0.39, 0.29) is 6.42 Å². The summed E-state index contributed by atoms with van der Waals surface area (Å²) in [6.45, 7) is 1.98. The zero-order valence-corrected chi connectivity index (χ0v) is 11.9. The van der Waals surface area contributed by atoms with Gasteiger partial charge >= 0.3 is 5.97 Å².